The molecule has 0 aliphatic carbocycles. The molecule has 3 rings (SSSR count). The van der Waals surface area contributed by atoms with Gasteiger partial charge in [-0.15, -0.1) is 0 Å². The first-order chi connectivity index (χ1) is 10.2. The van der Waals surface area contributed by atoms with Crippen molar-refractivity contribution in [1.29, 1.82) is 0 Å². The van der Waals surface area contributed by atoms with Crippen LogP contribution in [0.3, 0.4) is 0 Å². The van der Waals surface area contributed by atoms with Crippen molar-refractivity contribution in [2.24, 2.45) is 5.92 Å². The second kappa shape index (κ2) is 6.37. The van der Waals surface area contributed by atoms with Gasteiger partial charge in [-0.3, -0.25) is 4.90 Å². The molecule has 1 N–H and O–H groups in total. The van der Waals surface area contributed by atoms with Gasteiger partial charge in [-0.2, -0.15) is 5.10 Å². The molecule has 1 aromatic carbocycles. The van der Waals surface area contributed by atoms with Gasteiger partial charge < -0.3 is 5.11 Å². The Hall–Kier alpha value is -1.72. The summed E-state index contributed by atoms with van der Waals surface area (Å²) in [7, 11) is 0. The van der Waals surface area contributed by atoms with E-state index in [2.05, 4.69) is 10.00 Å². The van der Waals surface area contributed by atoms with Gasteiger partial charge in [0.25, 0.3) is 0 Å². The Morgan fingerprint density at radius 1 is 1.29 bits per heavy atom. The molecule has 1 fully saturated rings. The van der Waals surface area contributed by atoms with Gasteiger partial charge in [0, 0.05) is 31.5 Å². The zero-order valence-corrected chi connectivity index (χ0v) is 12.0. The molecule has 0 radical (unpaired) electrons. The van der Waals surface area contributed by atoms with E-state index in [1.165, 1.54) is 12.1 Å². The number of piperidine rings is 1. The lowest BCUT2D eigenvalue weighted by Crippen LogP contribution is -2.36. The van der Waals surface area contributed by atoms with Gasteiger partial charge in [-0.1, -0.05) is 0 Å². The monoisotopic (exact) mass is 289 g/mol. The van der Waals surface area contributed by atoms with E-state index < -0.39 is 0 Å². The van der Waals surface area contributed by atoms with Crippen molar-refractivity contribution in [1.82, 2.24) is 14.7 Å². The number of halogens is 1. The lowest BCUT2D eigenvalue weighted by Gasteiger charge is -2.31. The molecule has 1 aliphatic heterocycles. The largest absolute Gasteiger partial charge is 0.396 e. The van der Waals surface area contributed by atoms with Crippen molar-refractivity contribution in [2.45, 2.75) is 19.4 Å². The molecule has 1 unspecified atom stereocenters. The van der Waals surface area contributed by atoms with Crippen molar-refractivity contribution in [3.05, 3.63) is 48.0 Å². The molecule has 1 saturated heterocycles. The highest BCUT2D eigenvalue weighted by Crippen LogP contribution is 2.18. The zero-order chi connectivity index (χ0) is 14.7. The molecule has 5 heteroatoms. The van der Waals surface area contributed by atoms with Crippen LogP contribution in [0.25, 0.3) is 5.69 Å². The standard InChI is InChI=1S/C16H20FN3O/c17-15-3-5-16(6-4-15)20-11-14(8-18-20)10-19-7-1-2-13(9-19)12-21/h3-6,8,11,13,21H,1-2,7,9-10,12H2. The number of hydrogen-bond acceptors (Lipinski definition) is 3. The van der Waals surface area contributed by atoms with Crippen LogP contribution in [0.5, 0.6) is 0 Å². The first kappa shape index (κ1) is 14.2. The fourth-order valence-corrected chi connectivity index (χ4v) is 2.88. The van der Waals surface area contributed by atoms with E-state index in [0.717, 1.165) is 43.7 Å². The van der Waals surface area contributed by atoms with Gasteiger partial charge in [0.2, 0.25) is 0 Å². The van der Waals surface area contributed by atoms with Crippen molar-refractivity contribution in [2.75, 3.05) is 19.7 Å². The van der Waals surface area contributed by atoms with Gasteiger partial charge in [0.1, 0.15) is 5.82 Å². The van der Waals surface area contributed by atoms with Gasteiger partial charge in [-0.05, 0) is 49.6 Å². The number of likely N-dealkylation sites (tertiary alicyclic amines) is 1. The Balaban J connectivity index is 1.66. The lowest BCUT2D eigenvalue weighted by atomic mass is 9.99. The maximum Gasteiger partial charge on any atom is 0.123 e. The van der Waals surface area contributed by atoms with Crippen LogP contribution in [0.1, 0.15) is 18.4 Å². The summed E-state index contributed by atoms with van der Waals surface area (Å²) in [6.45, 7) is 3.12. The molecule has 0 spiro atoms. The minimum absolute atomic E-state index is 0.241. The first-order valence-electron chi connectivity index (χ1n) is 7.37. The van der Waals surface area contributed by atoms with Crippen LogP contribution in [0.15, 0.2) is 36.7 Å². The van der Waals surface area contributed by atoms with Crippen LogP contribution in [0, 0.1) is 11.7 Å². The fraction of sp³-hybridized carbons (Fsp3) is 0.438. The minimum atomic E-state index is -0.241. The van der Waals surface area contributed by atoms with E-state index in [9.17, 15) is 9.50 Å². The van der Waals surface area contributed by atoms with Gasteiger partial charge in [0.05, 0.1) is 11.9 Å². The number of nitrogens with zero attached hydrogens (tertiary/aromatic N) is 3. The van der Waals surface area contributed by atoms with Crippen LogP contribution in [0.4, 0.5) is 4.39 Å². The average Bonchev–Trinajstić information content (AvgIpc) is 2.96. The highest BCUT2D eigenvalue weighted by atomic mass is 19.1. The van der Waals surface area contributed by atoms with Crippen LogP contribution in [-0.4, -0.2) is 39.5 Å². The van der Waals surface area contributed by atoms with Crippen molar-refractivity contribution in [3.63, 3.8) is 0 Å². The summed E-state index contributed by atoms with van der Waals surface area (Å²) in [4.78, 5) is 2.36. The van der Waals surface area contributed by atoms with E-state index in [1.54, 1.807) is 16.8 Å². The third-order valence-corrected chi connectivity index (χ3v) is 3.99. The Morgan fingerprint density at radius 2 is 2.10 bits per heavy atom. The molecule has 0 bridgehead atoms. The summed E-state index contributed by atoms with van der Waals surface area (Å²) in [6.07, 6.45) is 6.08. The topological polar surface area (TPSA) is 41.3 Å². The van der Waals surface area contributed by atoms with E-state index in [-0.39, 0.29) is 12.4 Å². The lowest BCUT2D eigenvalue weighted by molar-refractivity contribution is 0.116. The Kier molecular flexibility index (Phi) is 4.31. The number of aliphatic hydroxyl groups excluding tert-OH is 1. The van der Waals surface area contributed by atoms with Gasteiger partial charge >= 0.3 is 0 Å². The highest BCUT2D eigenvalue weighted by Gasteiger charge is 2.19. The van der Waals surface area contributed by atoms with Crippen LogP contribution in [-0.2, 0) is 6.54 Å². The van der Waals surface area contributed by atoms with E-state index in [4.69, 9.17) is 0 Å². The molecule has 2 aromatic rings. The molecule has 1 aromatic heterocycles. The predicted molar refractivity (Wildman–Crippen MR) is 78.6 cm³/mol. The molecular formula is C16H20FN3O. The number of aromatic nitrogens is 2. The molecule has 1 aliphatic rings. The number of benzene rings is 1. The van der Waals surface area contributed by atoms with E-state index >= 15 is 0 Å². The van der Waals surface area contributed by atoms with E-state index in [0.29, 0.717) is 5.92 Å². The van der Waals surface area contributed by atoms with Gasteiger partial charge in [-0.25, -0.2) is 9.07 Å². The van der Waals surface area contributed by atoms with Crippen LogP contribution in [0.2, 0.25) is 0 Å². The maximum atomic E-state index is 12.9. The Bertz CT molecular complexity index is 581. The van der Waals surface area contributed by atoms with Crippen molar-refractivity contribution < 1.29 is 9.50 Å². The highest BCUT2D eigenvalue weighted by molar-refractivity contribution is 5.31. The second-order valence-corrected chi connectivity index (χ2v) is 5.70. The summed E-state index contributed by atoms with van der Waals surface area (Å²) in [6, 6.07) is 6.31. The van der Waals surface area contributed by atoms with Gasteiger partial charge in [0.15, 0.2) is 0 Å². The third kappa shape index (κ3) is 3.49. The summed E-state index contributed by atoms with van der Waals surface area (Å²) in [5, 5.41) is 13.6. The number of aliphatic hydroxyl groups is 1. The minimum Gasteiger partial charge on any atom is -0.396 e. The maximum absolute atomic E-state index is 12.9. The van der Waals surface area contributed by atoms with E-state index in [1.807, 2.05) is 12.4 Å². The summed E-state index contributed by atoms with van der Waals surface area (Å²) in [5.41, 5.74) is 1.99. The molecule has 112 valence electrons. The van der Waals surface area contributed by atoms with Crippen molar-refractivity contribution in [3.8, 4) is 5.69 Å². The zero-order valence-electron chi connectivity index (χ0n) is 12.0. The number of rotatable bonds is 4. The quantitative estimate of drug-likeness (QED) is 0.938. The summed E-state index contributed by atoms with van der Waals surface area (Å²) in [5.74, 6) is 0.153. The molecule has 4 nitrogen and oxygen atoms in total. The van der Waals surface area contributed by atoms with Crippen LogP contribution >= 0.6 is 0 Å². The molecule has 21 heavy (non-hydrogen) atoms. The normalized spacial score (nSPS) is 19.8. The predicted octanol–water partition coefficient (Wildman–Crippen LogP) is 2.22. The summed E-state index contributed by atoms with van der Waals surface area (Å²) >= 11 is 0. The molecule has 0 amide bonds. The SMILES string of the molecule is OCC1CCCN(Cc2cnn(-c3ccc(F)cc3)c2)C1. The fourth-order valence-electron chi connectivity index (χ4n) is 2.88. The smallest absolute Gasteiger partial charge is 0.123 e. The Morgan fingerprint density at radius 3 is 2.86 bits per heavy atom. The van der Waals surface area contributed by atoms with Crippen LogP contribution < -0.4 is 0 Å². The second-order valence-electron chi connectivity index (χ2n) is 5.70. The Labute approximate surface area is 123 Å². The van der Waals surface area contributed by atoms with Crippen molar-refractivity contribution >= 4 is 0 Å². The first-order valence-corrected chi connectivity index (χ1v) is 7.37. The molecule has 1 atom stereocenters. The molecule has 2 heterocycles. The summed E-state index contributed by atoms with van der Waals surface area (Å²) < 4.78 is 14.7. The third-order valence-electron chi connectivity index (χ3n) is 3.99. The molecular weight excluding hydrogens is 269 g/mol. The average molecular weight is 289 g/mol. The number of hydrogen-bond donors (Lipinski definition) is 1. The molecule has 0 saturated carbocycles.